The molecule has 1 heterocycles. The third-order valence-electron chi connectivity index (χ3n) is 5.49. The molecule has 0 radical (unpaired) electrons. The van der Waals surface area contributed by atoms with Crippen LogP contribution in [0.1, 0.15) is 18.9 Å². The van der Waals surface area contributed by atoms with Crippen LogP contribution in [-0.2, 0) is 6.54 Å². The van der Waals surface area contributed by atoms with Crippen LogP contribution in [0.4, 0.5) is 5.69 Å². The lowest BCUT2D eigenvalue weighted by molar-refractivity contribution is 0.322. The fourth-order valence-corrected chi connectivity index (χ4v) is 3.95. The zero-order chi connectivity index (χ0) is 22.9. The van der Waals surface area contributed by atoms with E-state index in [1.807, 2.05) is 30.3 Å². The van der Waals surface area contributed by atoms with Crippen molar-refractivity contribution in [2.24, 2.45) is 4.99 Å². The van der Waals surface area contributed by atoms with Crippen LogP contribution in [0.3, 0.4) is 0 Å². The number of rotatable bonds is 9. The molecule has 0 aliphatic carbocycles. The molecule has 32 heavy (non-hydrogen) atoms. The molecule has 1 saturated heterocycles. The van der Waals surface area contributed by atoms with E-state index in [0.29, 0.717) is 23.8 Å². The van der Waals surface area contributed by atoms with Gasteiger partial charge in [0, 0.05) is 31.2 Å². The molecular weight excluding hydrogens is 408 g/mol. The topological polar surface area (TPSA) is 76.6 Å². The van der Waals surface area contributed by atoms with Crippen LogP contribution in [0, 0.1) is 0 Å². The number of hydrogen-bond acceptors (Lipinski definition) is 6. The van der Waals surface area contributed by atoms with Gasteiger partial charge in [-0.3, -0.25) is 0 Å². The Labute approximate surface area is 190 Å². The van der Waals surface area contributed by atoms with Gasteiger partial charge in [-0.1, -0.05) is 12.1 Å². The highest BCUT2D eigenvalue weighted by Crippen LogP contribution is 2.40. The summed E-state index contributed by atoms with van der Waals surface area (Å²) in [7, 11) is 6.55. The molecule has 1 aliphatic rings. The maximum Gasteiger partial charge on any atom is 0.203 e. The number of para-hydroxylation sites is 2. The van der Waals surface area contributed by atoms with Crippen LogP contribution < -0.4 is 34.5 Å². The summed E-state index contributed by atoms with van der Waals surface area (Å²) in [6.07, 6.45) is 1.02. The number of nitrogens with zero attached hydrogens (tertiary/aromatic N) is 2. The first kappa shape index (κ1) is 23.4. The zero-order valence-corrected chi connectivity index (χ0v) is 19.6. The highest BCUT2D eigenvalue weighted by atomic mass is 16.5. The molecule has 8 nitrogen and oxygen atoms in total. The molecule has 0 aromatic heterocycles. The van der Waals surface area contributed by atoms with Crippen molar-refractivity contribution in [2.45, 2.75) is 25.9 Å². The van der Waals surface area contributed by atoms with Gasteiger partial charge in [0.1, 0.15) is 5.75 Å². The normalized spacial score (nSPS) is 16.0. The number of aliphatic imine (C=N–C) groups is 1. The van der Waals surface area contributed by atoms with Gasteiger partial charge in [-0.15, -0.1) is 0 Å². The highest BCUT2D eigenvalue weighted by Gasteiger charge is 2.25. The lowest BCUT2D eigenvalue weighted by Gasteiger charge is -2.22. The summed E-state index contributed by atoms with van der Waals surface area (Å²) in [6.45, 7) is 5.12. The average Bonchev–Trinajstić information content (AvgIpc) is 3.30. The maximum absolute atomic E-state index is 5.59. The Kier molecular flexibility index (Phi) is 8.30. The molecule has 0 bridgehead atoms. The average molecular weight is 443 g/mol. The monoisotopic (exact) mass is 442 g/mol. The van der Waals surface area contributed by atoms with Gasteiger partial charge in [0.15, 0.2) is 17.5 Å². The first-order valence-electron chi connectivity index (χ1n) is 10.9. The maximum atomic E-state index is 5.59. The van der Waals surface area contributed by atoms with Crippen LogP contribution in [0.2, 0.25) is 0 Å². The van der Waals surface area contributed by atoms with E-state index >= 15 is 0 Å². The molecule has 3 rings (SSSR count). The van der Waals surface area contributed by atoms with Gasteiger partial charge in [0.2, 0.25) is 5.75 Å². The van der Waals surface area contributed by atoms with E-state index in [0.717, 1.165) is 49.0 Å². The van der Waals surface area contributed by atoms with Gasteiger partial charge in [0.05, 0.1) is 40.7 Å². The van der Waals surface area contributed by atoms with E-state index in [-0.39, 0.29) is 6.04 Å². The minimum atomic E-state index is 0.282. The van der Waals surface area contributed by atoms with E-state index in [1.165, 1.54) is 0 Å². The standard InChI is InChI=1S/C24H34N4O4/c1-6-25-24(26-15-17-11-12-21(30-3)23(32-5)22(17)31-4)27-18-13-14-28(16-18)19-9-7-8-10-20(19)29-2/h7-12,18H,6,13-16H2,1-5H3,(H2,25,26,27). The van der Waals surface area contributed by atoms with E-state index < -0.39 is 0 Å². The first-order chi connectivity index (χ1) is 15.6. The number of anilines is 1. The third-order valence-corrected chi connectivity index (χ3v) is 5.49. The van der Waals surface area contributed by atoms with E-state index in [4.69, 9.17) is 23.9 Å². The number of benzene rings is 2. The third kappa shape index (κ3) is 5.30. The fraction of sp³-hybridized carbons (Fsp3) is 0.458. The smallest absolute Gasteiger partial charge is 0.203 e. The van der Waals surface area contributed by atoms with E-state index in [1.54, 1.807) is 28.4 Å². The molecule has 2 N–H and O–H groups in total. The van der Waals surface area contributed by atoms with Crippen molar-refractivity contribution in [3.63, 3.8) is 0 Å². The molecule has 0 spiro atoms. The van der Waals surface area contributed by atoms with Crippen LogP contribution in [-0.4, -0.2) is 60.1 Å². The summed E-state index contributed by atoms with van der Waals surface area (Å²) in [5, 5.41) is 6.92. The van der Waals surface area contributed by atoms with Gasteiger partial charge in [0.25, 0.3) is 0 Å². The Hall–Kier alpha value is -3.29. The largest absolute Gasteiger partial charge is 0.495 e. The minimum Gasteiger partial charge on any atom is -0.495 e. The lowest BCUT2D eigenvalue weighted by Crippen LogP contribution is -2.44. The molecule has 174 valence electrons. The summed E-state index contributed by atoms with van der Waals surface area (Å²) < 4.78 is 22.0. The number of nitrogens with one attached hydrogen (secondary N) is 2. The van der Waals surface area contributed by atoms with Gasteiger partial charge < -0.3 is 34.5 Å². The molecule has 1 fully saturated rings. The molecular formula is C24H34N4O4. The van der Waals surface area contributed by atoms with Crippen molar-refractivity contribution in [1.82, 2.24) is 10.6 Å². The van der Waals surface area contributed by atoms with Crippen LogP contribution in [0.5, 0.6) is 23.0 Å². The second-order valence-electron chi connectivity index (χ2n) is 7.44. The molecule has 1 aliphatic heterocycles. The molecule has 0 saturated carbocycles. The molecule has 1 unspecified atom stereocenters. The SMILES string of the molecule is CCNC(=NCc1ccc(OC)c(OC)c1OC)NC1CCN(c2ccccc2OC)C1. The second kappa shape index (κ2) is 11.4. The van der Waals surface area contributed by atoms with Crippen LogP contribution in [0.15, 0.2) is 41.4 Å². The van der Waals surface area contributed by atoms with Crippen molar-refractivity contribution in [2.75, 3.05) is 53.0 Å². The molecule has 2 aromatic rings. The Morgan fingerprint density at radius 2 is 1.72 bits per heavy atom. The van der Waals surface area contributed by atoms with Crippen molar-refractivity contribution in [3.05, 3.63) is 42.0 Å². The summed E-state index contributed by atoms with van der Waals surface area (Å²) in [5.41, 5.74) is 2.04. The summed E-state index contributed by atoms with van der Waals surface area (Å²) in [5.74, 6) is 3.51. The summed E-state index contributed by atoms with van der Waals surface area (Å²) >= 11 is 0. The van der Waals surface area contributed by atoms with E-state index in [9.17, 15) is 0 Å². The first-order valence-corrected chi connectivity index (χ1v) is 10.9. The zero-order valence-electron chi connectivity index (χ0n) is 19.6. The van der Waals surface area contributed by atoms with Gasteiger partial charge in [-0.25, -0.2) is 4.99 Å². The molecule has 1 atom stereocenters. The summed E-state index contributed by atoms with van der Waals surface area (Å²) in [6, 6.07) is 12.2. The Morgan fingerprint density at radius 3 is 2.41 bits per heavy atom. The number of guanidine groups is 1. The van der Waals surface area contributed by atoms with Gasteiger partial charge in [-0.2, -0.15) is 0 Å². The van der Waals surface area contributed by atoms with Crippen LogP contribution in [0.25, 0.3) is 0 Å². The van der Waals surface area contributed by atoms with E-state index in [2.05, 4.69) is 28.5 Å². The van der Waals surface area contributed by atoms with Crippen molar-refractivity contribution >= 4 is 11.6 Å². The second-order valence-corrected chi connectivity index (χ2v) is 7.44. The number of ether oxygens (including phenoxy) is 4. The lowest BCUT2D eigenvalue weighted by atomic mass is 10.1. The predicted octanol–water partition coefficient (Wildman–Crippen LogP) is 3.06. The molecule has 8 heteroatoms. The Balaban J connectivity index is 1.71. The van der Waals surface area contributed by atoms with Crippen LogP contribution >= 0.6 is 0 Å². The molecule has 0 amide bonds. The van der Waals surface area contributed by atoms with Gasteiger partial charge >= 0.3 is 0 Å². The fourth-order valence-electron chi connectivity index (χ4n) is 3.95. The molecule has 2 aromatic carbocycles. The number of hydrogen-bond donors (Lipinski definition) is 2. The van der Waals surface area contributed by atoms with Gasteiger partial charge in [-0.05, 0) is 37.6 Å². The van der Waals surface area contributed by atoms with Crippen molar-refractivity contribution in [1.29, 1.82) is 0 Å². The summed E-state index contributed by atoms with van der Waals surface area (Å²) in [4.78, 5) is 7.14. The predicted molar refractivity (Wildman–Crippen MR) is 128 cm³/mol. The highest BCUT2D eigenvalue weighted by molar-refractivity contribution is 5.80. The van der Waals surface area contributed by atoms with Crippen molar-refractivity contribution < 1.29 is 18.9 Å². The number of methoxy groups -OCH3 is 4. The van der Waals surface area contributed by atoms with Crippen molar-refractivity contribution in [3.8, 4) is 23.0 Å². The quantitative estimate of drug-likeness (QED) is 0.457. The minimum absolute atomic E-state index is 0.282. The Bertz CT molecular complexity index is 919. The Morgan fingerprint density at radius 1 is 0.969 bits per heavy atom.